The Bertz CT molecular complexity index is 1780. The monoisotopic (exact) mass is 1310 g/mol. The molecule has 11 nitrogen and oxygen atoms in total. The van der Waals surface area contributed by atoms with Gasteiger partial charge in [-0.2, -0.15) is 0 Å². The number of carbonyl (C=O) groups excluding carboxylic acids is 2. The molecule has 1 fully saturated rings. The molecule has 542 valence electrons. The summed E-state index contributed by atoms with van der Waals surface area (Å²) >= 11 is 0. The number of amides is 1. The summed E-state index contributed by atoms with van der Waals surface area (Å²) in [5.74, 6) is -0.189. The van der Waals surface area contributed by atoms with E-state index < -0.39 is 49.5 Å². The molecule has 93 heavy (non-hydrogen) atoms. The predicted molar refractivity (Wildman–Crippen MR) is 393 cm³/mol. The zero-order valence-corrected chi connectivity index (χ0v) is 60.5. The first-order chi connectivity index (χ1) is 45.7. The van der Waals surface area contributed by atoms with Crippen molar-refractivity contribution in [2.45, 2.75) is 416 Å². The Morgan fingerprint density at radius 2 is 0.731 bits per heavy atom. The van der Waals surface area contributed by atoms with Crippen LogP contribution in [0.1, 0.15) is 373 Å². The minimum atomic E-state index is -1.58. The summed E-state index contributed by atoms with van der Waals surface area (Å²) < 4.78 is 16.7. The summed E-state index contributed by atoms with van der Waals surface area (Å²) in [6.07, 6.45) is 86.5. The van der Waals surface area contributed by atoms with E-state index in [1.54, 1.807) is 6.08 Å². The molecule has 6 N–H and O–H groups in total. The summed E-state index contributed by atoms with van der Waals surface area (Å²) in [5, 5.41) is 54.5. The zero-order chi connectivity index (χ0) is 67.2. The molecule has 1 aliphatic rings. The van der Waals surface area contributed by atoms with Gasteiger partial charge in [-0.25, -0.2) is 0 Å². The van der Waals surface area contributed by atoms with E-state index in [1.165, 1.54) is 270 Å². The van der Waals surface area contributed by atoms with Gasteiger partial charge in [0, 0.05) is 12.8 Å². The third-order valence-corrected chi connectivity index (χ3v) is 18.5. The molecule has 1 amide bonds. The molecule has 1 rings (SSSR count). The number of ether oxygens (including phenoxy) is 3. The number of esters is 1. The highest BCUT2D eigenvalue weighted by Gasteiger charge is 2.44. The van der Waals surface area contributed by atoms with Crippen molar-refractivity contribution in [1.29, 1.82) is 0 Å². The number of hydrogen-bond donors (Lipinski definition) is 6. The van der Waals surface area contributed by atoms with Crippen LogP contribution in [0.5, 0.6) is 0 Å². The van der Waals surface area contributed by atoms with E-state index in [2.05, 4.69) is 79.9 Å². The van der Waals surface area contributed by atoms with Crippen molar-refractivity contribution in [2.24, 2.45) is 0 Å². The van der Waals surface area contributed by atoms with Crippen LogP contribution in [0.15, 0.2) is 72.9 Å². The van der Waals surface area contributed by atoms with Crippen LogP contribution in [0.25, 0.3) is 0 Å². The van der Waals surface area contributed by atoms with Gasteiger partial charge in [-0.1, -0.05) is 318 Å². The van der Waals surface area contributed by atoms with Crippen LogP contribution in [-0.4, -0.2) is 100 Å². The number of carbonyl (C=O) groups is 2. The second-order valence-electron chi connectivity index (χ2n) is 27.4. The van der Waals surface area contributed by atoms with E-state index in [4.69, 9.17) is 14.2 Å². The Labute approximate surface area is 572 Å². The van der Waals surface area contributed by atoms with Crippen LogP contribution in [0.2, 0.25) is 0 Å². The number of aliphatic hydroxyl groups excluding tert-OH is 5. The quantitative estimate of drug-likeness (QED) is 0.0195. The van der Waals surface area contributed by atoms with Gasteiger partial charge in [-0.05, 0) is 116 Å². The molecule has 0 aromatic rings. The molecule has 0 bridgehead atoms. The Morgan fingerprint density at radius 3 is 1.15 bits per heavy atom. The van der Waals surface area contributed by atoms with Gasteiger partial charge in [0.2, 0.25) is 5.91 Å². The first kappa shape index (κ1) is 88.1. The van der Waals surface area contributed by atoms with Crippen LogP contribution >= 0.6 is 0 Å². The minimum absolute atomic E-state index is 0.00408. The summed E-state index contributed by atoms with van der Waals surface area (Å²) in [7, 11) is 0. The molecular formula is C82H149NO10. The topological polar surface area (TPSA) is 175 Å². The lowest BCUT2D eigenvalue weighted by Crippen LogP contribution is -2.60. The van der Waals surface area contributed by atoms with Gasteiger partial charge in [-0.15, -0.1) is 0 Å². The maximum absolute atomic E-state index is 13.1. The average Bonchev–Trinajstić information content (AvgIpc) is 0.955. The van der Waals surface area contributed by atoms with E-state index in [1.807, 2.05) is 6.08 Å². The van der Waals surface area contributed by atoms with Crippen molar-refractivity contribution >= 4 is 11.9 Å². The fraction of sp³-hybridized carbons (Fsp3) is 0.829. The largest absolute Gasteiger partial charge is 0.466 e. The molecule has 7 atom stereocenters. The highest BCUT2D eigenvalue weighted by Crippen LogP contribution is 2.23. The van der Waals surface area contributed by atoms with Crippen LogP contribution in [0, 0.1) is 0 Å². The lowest BCUT2D eigenvalue weighted by atomic mass is 9.99. The average molecular weight is 1310 g/mol. The van der Waals surface area contributed by atoms with E-state index >= 15 is 0 Å². The Balaban J connectivity index is 1.93. The first-order valence-electron chi connectivity index (χ1n) is 39.7. The normalized spacial score (nSPS) is 17.9. The highest BCUT2D eigenvalue weighted by atomic mass is 16.7. The summed E-state index contributed by atoms with van der Waals surface area (Å²) in [6.45, 7) is 4.31. The lowest BCUT2D eigenvalue weighted by molar-refractivity contribution is -0.302. The number of hydrogen-bond acceptors (Lipinski definition) is 10. The van der Waals surface area contributed by atoms with Gasteiger partial charge in [0.25, 0.3) is 0 Å². The van der Waals surface area contributed by atoms with E-state index in [9.17, 15) is 35.1 Å². The fourth-order valence-corrected chi connectivity index (χ4v) is 12.3. The van der Waals surface area contributed by atoms with Crippen LogP contribution in [0.3, 0.4) is 0 Å². The molecule has 0 spiro atoms. The van der Waals surface area contributed by atoms with Gasteiger partial charge in [-0.3, -0.25) is 9.59 Å². The smallest absolute Gasteiger partial charge is 0.305 e. The number of rotatable bonds is 70. The molecular weight excluding hydrogens is 1160 g/mol. The van der Waals surface area contributed by atoms with Gasteiger partial charge in [0.05, 0.1) is 32.0 Å². The van der Waals surface area contributed by atoms with Crippen molar-refractivity contribution in [3.63, 3.8) is 0 Å². The summed E-state index contributed by atoms with van der Waals surface area (Å²) in [5.41, 5.74) is 0. The molecule has 1 aliphatic heterocycles. The van der Waals surface area contributed by atoms with Gasteiger partial charge >= 0.3 is 5.97 Å². The van der Waals surface area contributed by atoms with Crippen molar-refractivity contribution in [3.05, 3.63) is 72.9 Å². The lowest BCUT2D eigenvalue weighted by Gasteiger charge is -2.40. The molecule has 11 heteroatoms. The van der Waals surface area contributed by atoms with E-state index in [-0.39, 0.29) is 18.5 Å². The number of unbranched alkanes of at least 4 members (excludes halogenated alkanes) is 46. The first-order valence-corrected chi connectivity index (χ1v) is 39.7. The predicted octanol–water partition coefficient (Wildman–Crippen LogP) is 21.4. The SMILES string of the molecule is CCCCC/C=C\CCCCCCCC(=O)OCCCCCCCCCCCCCCCCC/C=C\C/C=C\CCCCCCCCCCCCCCCCCCCC(=O)NC(COC1OC(CO)C(O)C(O)C1O)C(O)/C=C/CC/C=C/CC/C=C/CCCCCC. The molecule has 0 aromatic heterocycles. The third-order valence-electron chi connectivity index (χ3n) is 18.5. The van der Waals surface area contributed by atoms with Crippen LogP contribution in [0.4, 0.5) is 0 Å². The summed E-state index contributed by atoms with van der Waals surface area (Å²) in [6, 6.07) is -0.834. The van der Waals surface area contributed by atoms with E-state index in [0.29, 0.717) is 19.4 Å². The number of aliphatic hydroxyl groups is 5. The number of allylic oxidation sites excluding steroid dienone is 11. The fourth-order valence-electron chi connectivity index (χ4n) is 12.3. The van der Waals surface area contributed by atoms with Crippen molar-refractivity contribution in [2.75, 3.05) is 19.8 Å². The molecule has 7 unspecified atom stereocenters. The third kappa shape index (κ3) is 58.9. The molecule has 0 saturated carbocycles. The van der Waals surface area contributed by atoms with Crippen molar-refractivity contribution in [1.82, 2.24) is 5.32 Å². The zero-order valence-electron chi connectivity index (χ0n) is 60.5. The second kappa shape index (κ2) is 70.4. The Kier molecular flexibility index (Phi) is 66.7. The molecule has 0 aromatic carbocycles. The maximum atomic E-state index is 13.1. The second-order valence-corrected chi connectivity index (χ2v) is 27.4. The van der Waals surface area contributed by atoms with E-state index in [0.717, 1.165) is 77.0 Å². The summed E-state index contributed by atoms with van der Waals surface area (Å²) in [4.78, 5) is 25.1. The molecule has 1 saturated heterocycles. The number of nitrogens with one attached hydrogen (secondary N) is 1. The van der Waals surface area contributed by atoms with Gasteiger partial charge < -0.3 is 45.1 Å². The standard InChI is InChI=1S/C82H149NO10/c1-3-5-7-9-11-13-15-17-45-48-52-56-60-64-68-75(85)74(73-92-82-81(90)80(89)79(88)76(72-84)93-82)83-77(86)69-65-61-57-53-49-46-43-41-39-37-35-33-31-29-27-25-23-21-19-18-20-22-24-26-28-30-32-34-36-38-40-42-44-47-51-55-59-63-67-71-91-78(87)70-66-62-58-54-50-16-14-12-10-8-6-4-2/h12-15,18-19,22,24,48,52,64,68,74-76,79-82,84-85,88-90H,3-11,16-17,20-21,23,25-47,49-51,53-63,65-67,69-73H2,1-2H3,(H,83,86)/b14-12-,15-13+,19-18-,24-22-,52-48+,68-64+. The minimum Gasteiger partial charge on any atom is -0.466 e. The molecule has 0 radical (unpaired) electrons. The van der Waals surface area contributed by atoms with Gasteiger partial charge in [0.1, 0.15) is 24.4 Å². The highest BCUT2D eigenvalue weighted by molar-refractivity contribution is 5.76. The van der Waals surface area contributed by atoms with Gasteiger partial charge in [0.15, 0.2) is 6.29 Å². The van der Waals surface area contributed by atoms with Crippen molar-refractivity contribution < 1.29 is 49.3 Å². The van der Waals surface area contributed by atoms with Crippen molar-refractivity contribution in [3.8, 4) is 0 Å². The Morgan fingerprint density at radius 1 is 0.398 bits per heavy atom. The maximum Gasteiger partial charge on any atom is 0.305 e. The molecule has 0 aliphatic carbocycles. The molecule has 1 heterocycles. The van der Waals surface area contributed by atoms with Crippen LogP contribution < -0.4 is 5.32 Å². The van der Waals surface area contributed by atoms with Crippen LogP contribution in [-0.2, 0) is 23.8 Å². The Hall–Kier alpha value is -2.90.